The molecule has 1 aliphatic heterocycles. The topological polar surface area (TPSA) is 50.7 Å². The summed E-state index contributed by atoms with van der Waals surface area (Å²) in [6.07, 6.45) is 3.44. The molecule has 4 nitrogen and oxygen atoms in total. The Morgan fingerprint density at radius 2 is 2.21 bits per heavy atom. The summed E-state index contributed by atoms with van der Waals surface area (Å²) in [5, 5.41) is 11.9. The second-order valence-electron chi connectivity index (χ2n) is 3.53. The SMILES string of the molecule is OCCOCCNC1CCCOCC1. The summed E-state index contributed by atoms with van der Waals surface area (Å²) in [5.41, 5.74) is 0. The first kappa shape index (κ1) is 11.9. The third-order valence-corrected chi connectivity index (χ3v) is 2.37. The largest absolute Gasteiger partial charge is 0.394 e. The van der Waals surface area contributed by atoms with E-state index in [2.05, 4.69) is 5.32 Å². The molecule has 0 saturated carbocycles. The summed E-state index contributed by atoms with van der Waals surface area (Å²) in [6, 6.07) is 0.579. The fourth-order valence-electron chi connectivity index (χ4n) is 1.61. The number of ether oxygens (including phenoxy) is 2. The van der Waals surface area contributed by atoms with Crippen LogP contribution in [-0.4, -0.2) is 50.7 Å². The second-order valence-corrected chi connectivity index (χ2v) is 3.53. The van der Waals surface area contributed by atoms with Gasteiger partial charge in [0.2, 0.25) is 0 Å². The van der Waals surface area contributed by atoms with Gasteiger partial charge in [0.05, 0.1) is 19.8 Å². The highest BCUT2D eigenvalue weighted by atomic mass is 16.5. The van der Waals surface area contributed by atoms with E-state index in [0.29, 0.717) is 19.3 Å². The third-order valence-electron chi connectivity index (χ3n) is 2.37. The van der Waals surface area contributed by atoms with Crippen molar-refractivity contribution in [1.29, 1.82) is 0 Å². The van der Waals surface area contributed by atoms with E-state index in [1.165, 1.54) is 6.42 Å². The zero-order valence-electron chi connectivity index (χ0n) is 8.71. The molecule has 1 heterocycles. The first-order valence-electron chi connectivity index (χ1n) is 5.43. The van der Waals surface area contributed by atoms with Gasteiger partial charge in [-0.2, -0.15) is 0 Å². The average molecular weight is 203 g/mol. The van der Waals surface area contributed by atoms with Gasteiger partial charge in [-0.15, -0.1) is 0 Å². The van der Waals surface area contributed by atoms with Crippen LogP contribution in [0.1, 0.15) is 19.3 Å². The van der Waals surface area contributed by atoms with Crippen LogP contribution in [0, 0.1) is 0 Å². The molecule has 0 radical (unpaired) electrons. The number of hydrogen-bond donors (Lipinski definition) is 2. The predicted molar refractivity (Wildman–Crippen MR) is 54.4 cm³/mol. The summed E-state index contributed by atoms with van der Waals surface area (Å²) >= 11 is 0. The van der Waals surface area contributed by atoms with E-state index in [-0.39, 0.29) is 6.61 Å². The summed E-state index contributed by atoms with van der Waals surface area (Å²) in [5.74, 6) is 0. The zero-order chi connectivity index (χ0) is 10.1. The normalized spacial score (nSPS) is 23.4. The van der Waals surface area contributed by atoms with Crippen LogP contribution in [-0.2, 0) is 9.47 Å². The van der Waals surface area contributed by atoms with E-state index in [1.807, 2.05) is 0 Å². The third kappa shape index (κ3) is 5.54. The Morgan fingerprint density at radius 3 is 3.07 bits per heavy atom. The van der Waals surface area contributed by atoms with E-state index in [9.17, 15) is 0 Å². The first-order valence-corrected chi connectivity index (χ1v) is 5.43. The van der Waals surface area contributed by atoms with E-state index in [4.69, 9.17) is 14.6 Å². The lowest BCUT2D eigenvalue weighted by Crippen LogP contribution is -2.32. The minimum atomic E-state index is 0.108. The van der Waals surface area contributed by atoms with Crippen molar-refractivity contribution in [3.63, 3.8) is 0 Å². The molecule has 0 aliphatic carbocycles. The van der Waals surface area contributed by atoms with Crippen molar-refractivity contribution >= 4 is 0 Å². The fourth-order valence-corrected chi connectivity index (χ4v) is 1.61. The van der Waals surface area contributed by atoms with Crippen molar-refractivity contribution in [2.75, 3.05) is 39.6 Å². The number of nitrogens with one attached hydrogen (secondary N) is 1. The standard InChI is InChI=1S/C10H21NO3/c12-5-9-14-8-4-11-10-2-1-6-13-7-3-10/h10-12H,1-9H2. The van der Waals surface area contributed by atoms with Crippen LogP contribution in [0.25, 0.3) is 0 Å². The van der Waals surface area contributed by atoms with Crippen molar-refractivity contribution in [1.82, 2.24) is 5.32 Å². The Labute approximate surface area is 85.6 Å². The minimum absolute atomic E-state index is 0.108. The lowest BCUT2D eigenvalue weighted by Gasteiger charge is -2.15. The molecule has 0 bridgehead atoms. The lowest BCUT2D eigenvalue weighted by atomic mass is 10.1. The van der Waals surface area contributed by atoms with Crippen LogP contribution >= 0.6 is 0 Å². The van der Waals surface area contributed by atoms with Gasteiger partial charge in [-0.25, -0.2) is 0 Å². The molecule has 2 N–H and O–H groups in total. The molecule has 0 aromatic rings. The summed E-state index contributed by atoms with van der Waals surface area (Å²) in [6.45, 7) is 3.86. The van der Waals surface area contributed by atoms with E-state index >= 15 is 0 Å². The minimum Gasteiger partial charge on any atom is -0.394 e. The summed E-state index contributed by atoms with van der Waals surface area (Å²) in [4.78, 5) is 0. The Balaban J connectivity index is 1.93. The molecule has 84 valence electrons. The van der Waals surface area contributed by atoms with E-state index in [1.54, 1.807) is 0 Å². The molecular formula is C10H21NO3. The summed E-state index contributed by atoms with van der Waals surface area (Å²) < 4.78 is 10.5. The monoisotopic (exact) mass is 203 g/mol. The van der Waals surface area contributed by atoms with Gasteiger partial charge < -0.3 is 19.9 Å². The molecule has 1 fully saturated rings. The number of hydrogen-bond acceptors (Lipinski definition) is 4. The molecule has 1 atom stereocenters. The van der Waals surface area contributed by atoms with E-state index in [0.717, 1.165) is 32.6 Å². The molecule has 0 aromatic carbocycles. The predicted octanol–water partition coefficient (Wildman–Crippen LogP) is 0.154. The number of aliphatic hydroxyl groups is 1. The average Bonchev–Trinajstić information content (AvgIpc) is 2.46. The zero-order valence-corrected chi connectivity index (χ0v) is 8.71. The van der Waals surface area contributed by atoms with Gasteiger partial charge in [0.15, 0.2) is 0 Å². The van der Waals surface area contributed by atoms with Crippen LogP contribution < -0.4 is 5.32 Å². The molecule has 0 amide bonds. The van der Waals surface area contributed by atoms with Gasteiger partial charge in [-0.3, -0.25) is 0 Å². The van der Waals surface area contributed by atoms with Crippen LogP contribution in [0.2, 0.25) is 0 Å². The maximum absolute atomic E-state index is 8.49. The highest BCUT2D eigenvalue weighted by Crippen LogP contribution is 2.07. The molecule has 14 heavy (non-hydrogen) atoms. The Morgan fingerprint density at radius 1 is 1.29 bits per heavy atom. The maximum atomic E-state index is 8.49. The Bertz CT molecular complexity index is 125. The molecule has 1 unspecified atom stereocenters. The van der Waals surface area contributed by atoms with Gasteiger partial charge in [-0.1, -0.05) is 0 Å². The van der Waals surface area contributed by atoms with Crippen molar-refractivity contribution in [2.24, 2.45) is 0 Å². The van der Waals surface area contributed by atoms with Crippen LogP contribution in [0.5, 0.6) is 0 Å². The highest BCUT2D eigenvalue weighted by molar-refractivity contribution is 4.68. The molecule has 1 rings (SSSR count). The van der Waals surface area contributed by atoms with Crippen molar-refractivity contribution in [3.8, 4) is 0 Å². The van der Waals surface area contributed by atoms with Crippen LogP contribution in [0.3, 0.4) is 0 Å². The molecule has 0 spiro atoms. The Kier molecular flexibility index (Phi) is 6.95. The van der Waals surface area contributed by atoms with Crippen molar-refractivity contribution in [3.05, 3.63) is 0 Å². The van der Waals surface area contributed by atoms with E-state index < -0.39 is 0 Å². The first-order chi connectivity index (χ1) is 6.93. The van der Waals surface area contributed by atoms with Gasteiger partial charge in [-0.05, 0) is 19.3 Å². The lowest BCUT2D eigenvalue weighted by molar-refractivity contribution is 0.0919. The quantitative estimate of drug-likeness (QED) is 0.604. The van der Waals surface area contributed by atoms with Crippen LogP contribution in [0.15, 0.2) is 0 Å². The smallest absolute Gasteiger partial charge is 0.0698 e. The molecular weight excluding hydrogens is 182 g/mol. The molecule has 1 aliphatic rings. The van der Waals surface area contributed by atoms with Gasteiger partial charge in [0.1, 0.15) is 0 Å². The fraction of sp³-hybridized carbons (Fsp3) is 1.00. The van der Waals surface area contributed by atoms with Gasteiger partial charge in [0, 0.05) is 25.8 Å². The maximum Gasteiger partial charge on any atom is 0.0698 e. The number of rotatable bonds is 6. The molecule has 4 heteroatoms. The summed E-state index contributed by atoms with van der Waals surface area (Å²) in [7, 11) is 0. The van der Waals surface area contributed by atoms with Gasteiger partial charge in [0.25, 0.3) is 0 Å². The highest BCUT2D eigenvalue weighted by Gasteiger charge is 2.10. The molecule has 1 saturated heterocycles. The van der Waals surface area contributed by atoms with Gasteiger partial charge >= 0.3 is 0 Å². The van der Waals surface area contributed by atoms with Crippen molar-refractivity contribution in [2.45, 2.75) is 25.3 Å². The molecule has 0 aromatic heterocycles. The van der Waals surface area contributed by atoms with Crippen LogP contribution in [0.4, 0.5) is 0 Å². The van der Waals surface area contributed by atoms with Crippen molar-refractivity contribution < 1.29 is 14.6 Å². The number of aliphatic hydroxyl groups excluding tert-OH is 1. The Hall–Kier alpha value is -0.160. The second kappa shape index (κ2) is 8.17.